The van der Waals surface area contributed by atoms with E-state index in [4.69, 9.17) is 9.47 Å². The largest absolute Gasteiger partial charge is 0.448 e. The quantitative estimate of drug-likeness (QED) is 0.463. The van der Waals surface area contributed by atoms with Crippen LogP contribution in [0.15, 0.2) is 42.6 Å². The Morgan fingerprint density at radius 3 is 2.70 bits per heavy atom. The number of likely N-dealkylation sites (tertiary alicyclic amines) is 1. The Morgan fingerprint density at radius 2 is 1.97 bits per heavy atom. The van der Waals surface area contributed by atoms with Crippen LogP contribution in [0.25, 0.3) is 0 Å². The van der Waals surface area contributed by atoms with E-state index < -0.39 is 0 Å². The Hall–Kier alpha value is -2.78. The summed E-state index contributed by atoms with van der Waals surface area (Å²) in [5.41, 5.74) is 2.43. The van der Waals surface area contributed by atoms with Crippen LogP contribution in [0.4, 0.5) is 4.79 Å². The van der Waals surface area contributed by atoms with Crippen molar-refractivity contribution in [2.75, 3.05) is 19.8 Å². The lowest BCUT2D eigenvalue weighted by molar-refractivity contribution is -0.0260. The van der Waals surface area contributed by atoms with Crippen molar-refractivity contribution in [1.82, 2.24) is 15.1 Å². The molecule has 176 valence electrons. The van der Waals surface area contributed by atoms with Crippen LogP contribution < -0.4 is 0 Å². The smallest absolute Gasteiger partial charge is 0.410 e. The normalized spacial score (nSPS) is 25.2. The minimum atomic E-state index is -0.269. The van der Waals surface area contributed by atoms with Crippen molar-refractivity contribution in [1.29, 1.82) is 0 Å². The predicted octanol–water partition coefficient (Wildman–Crippen LogP) is 5.25. The van der Waals surface area contributed by atoms with Crippen molar-refractivity contribution >= 4 is 6.09 Å². The van der Waals surface area contributed by atoms with Crippen LogP contribution in [0.2, 0.25) is 0 Å². The number of aromatic amines is 1. The van der Waals surface area contributed by atoms with Gasteiger partial charge in [-0.05, 0) is 63.0 Å². The minimum absolute atomic E-state index is 0.0707. The van der Waals surface area contributed by atoms with Crippen molar-refractivity contribution in [3.8, 4) is 11.8 Å². The molecule has 1 N–H and O–H groups in total. The van der Waals surface area contributed by atoms with Gasteiger partial charge < -0.3 is 14.4 Å². The topological polar surface area (TPSA) is 67.5 Å². The van der Waals surface area contributed by atoms with Crippen LogP contribution in [-0.4, -0.2) is 53.1 Å². The van der Waals surface area contributed by atoms with Crippen LogP contribution in [0.5, 0.6) is 0 Å². The highest BCUT2D eigenvalue weighted by molar-refractivity contribution is 5.68. The number of aromatic nitrogens is 2. The number of nitrogens with one attached hydrogen (secondary N) is 1. The summed E-state index contributed by atoms with van der Waals surface area (Å²) in [4.78, 5) is 14.8. The molecule has 2 aromatic rings. The van der Waals surface area contributed by atoms with Crippen LogP contribution in [0.1, 0.15) is 75.0 Å². The molecule has 0 unspecified atom stereocenters. The lowest BCUT2D eigenvalue weighted by Gasteiger charge is -2.41. The number of nitrogens with zero attached hydrogens (tertiary/aromatic N) is 2. The highest BCUT2D eigenvalue weighted by Gasteiger charge is 2.38. The molecule has 1 saturated carbocycles. The molecule has 2 fully saturated rings. The number of carbonyl (C=O) groups is 1. The molecule has 1 aliphatic heterocycles. The molecule has 4 rings (SSSR count). The minimum Gasteiger partial charge on any atom is -0.448 e. The maximum Gasteiger partial charge on any atom is 0.410 e. The highest BCUT2D eigenvalue weighted by Crippen LogP contribution is 2.36. The monoisotopic (exact) mass is 449 g/mol. The number of H-pyrrole nitrogens is 1. The summed E-state index contributed by atoms with van der Waals surface area (Å²) in [5.74, 6) is 6.55. The zero-order valence-electron chi connectivity index (χ0n) is 19.5. The maximum absolute atomic E-state index is 12.9. The van der Waals surface area contributed by atoms with Gasteiger partial charge in [0.2, 0.25) is 0 Å². The first-order valence-corrected chi connectivity index (χ1v) is 12.3. The second-order valence-electron chi connectivity index (χ2n) is 9.02. The molecule has 1 aromatic heterocycles. The van der Waals surface area contributed by atoms with Gasteiger partial charge >= 0.3 is 6.09 Å². The fourth-order valence-electron chi connectivity index (χ4n) is 5.23. The molecule has 1 aromatic carbocycles. The number of hydrogen-bond acceptors (Lipinski definition) is 4. The summed E-state index contributed by atoms with van der Waals surface area (Å²) in [7, 11) is 0. The van der Waals surface area contributed by atoms with Gasteiger partial charge in [-0.25, -0.2) is 4.79 Å². The molecule has 2 atom stereocenters. The molecule has 0 radical (unpaired) electrons. The summed E-state index contributed by atoms with van der Waals surface area (Å²) in [6.45, 7) is 3.32. The second kappa shape index (κ2) is 11.9. The summed E-state index contributed by atoms with van der Waals surface area (Å²) in [5, 5.41) is 7.36. The fourth-order valence-corrected chi connectivity index (χ4v) is 5.23. The zero-order chi connectivity index (χ0) is 22.9. The number of rotatable bonds is 7. The van der Waals surface area contributed by atoms with Crippen molar-refractivity contribution in [2.24, 2.45) is 0 Å². The highest BCUT2D eigenvalue weighted by atomic mass is 16.6. The first-order valence-electron chi connectivity index (χ1n) is 12.3. The van der Waals surface area contributed by atoms with E-state index in [1.165, 1.54) is 5.56 Å². The number of amides is 1. The Balaban J connectivity index is 1.36. The van der Waals surface area contributed by atoms with E-state index >= 15 is 0 Å². The maximum atomic E-state index is 12.9. The lowest BCUT2D eigenvalue weighted by atomic mass is 9.82. The third-order valence-electron chi connectivity index (χ3n) is 6.99. The van der Waals surface area contributed by atoms with Gasteiger partial charge in [-0.3, -0.25) is 5.10 Å². The average molecular weight is 450 g/mol. The van der Waals surface area contributed by atoms with Gasteiger partial charge in [0, 0.05) is 25.1 Å². The molecule has 0 spiro atoms. The van der Waals surface area contributed by atoms with E-state index in [1.807, 2.05) is 17.2 Å². The standard InChI is InChI=1S/C27H35N3O3/c1-2-3-7-19-32-27(31)30-18-8-11-24(25-16-17-28-29-25)26(30)20-33-23-14-12-22(13-15-23)21-9-5-4-6-10-21/h4-6,9-10,16-17,22-24,26H,7-8,11-15,18-20H2,1H3,(H,28,29)/t22-,23+,24-,26+/m1/s1. The average Bonchev–Trinajstić information content (AvgIpc) is 3.41. The SMILES string of the molecule is CC#CCCOC(=O)N1CCC[C@H](c2cc[nH]n2)[C@@H]1CO[C@H]1CC[C@@H](c2ccccc2)CC1. The van der Waals surface area contributed by atoms with Gasteiger partial charge in [0.15, 0.2) is 0 Å². The van der Waals surface area contributed by atoms with Crippen molar-refractivity contribution < 1.29 is 14.3 Å². The van der Waals surface area contributed by atoms with Gasteiger partial charge in [-0.15, -0.1) is 11.8 Å². The predicted molar refractivity (Wildman–Crippen MR) is 128 cm³/mol. The molecule has 0 bridgehead atoms. The number of carbonyl (C=O) groups excluding carboxylic acids is 1. The molecule has 1 amide bonds. The number of ether oxygens (including phenoxy) is 2. The third-order valence-corrected chi connectivity index (χ3v) is 6.99. The van der Waals surface area contributed by atoms with Crippen LogP contribution >= 0.6 is 0 Å². The first-order chi connectivity index (χ1) is 16.3. The van der Waals surface area contributed by atoms with Crippen LogP contribution in [0, 0.1) is 11.8 Å². The van der Waals surface area contributed by atoms with Gasteiger partial charge in [-0.2, -0.15) is 5.10 Å². The van der Waals surface area contributed by atoms with E-state index in [0.717, 1.165) is 44.2 Å². The Bertz CT molecular complexity index is 911. The summed E-state index contributed by atoms with van der Waals surface area (Å²) in [6, 6.07) is 12.7. The second-order valence-corrected chi connectivity index (χ2v) is 9.02. The summed E-state index contributed by atoms with van der Waals surface area (Å²) < 4.78 is 12.0. The number of benzene rings is 1. The van der Waals surface area contributed by atoms with Crippen molar-refractivity contribution in [2.45, 2.75) is 75.9 Å². The molecular weight excluding hydrogens is 414 g/mol. The Labute approximate surface area is 197 Å². The van der Waals surface area contributed by atoms with Gasteiger partial charge in [-0.1, -0.05) is 30.3 Å². The van der Waals surface area contributed by atoms with Crippen LogP contribution in [-0.2, 0) is 9.47 Å². The zero-order valence-corrected chi connectivity index (χ0v) is 19.5. The molecular formula is C27H35N3O3. The van der Waals surface area contributed by atoms with Crippen molar-refractivity contribution in [3.05, 3.63) is 53.9 Å². The molecule has 6 heteroatoms. The van der Waals surface area contributed by atoms with E-state index in [9.17, 15) is 4.79 Å². The van der Waals surface area contributed by atoms with Gasteiger partial charge in [0.1, 0.15) is 6.61 Å². The van der Waals surface area contributed by atoms with Gasteiger partial charge in [0.05, 0.1) is 24.4 Å². The van der Waals surface area contributed by atoms with E-state index in [1.54, 1.807) is 6.92 Å². The molecule has 6 nitrogen and oxygen atoms in total. The first kappa shape index (κ1) is 23.4. The molecule has 33 heavy (non-hydrogen) atoms. The van der Waals surface area contributed by atoms with E-state index in [0.29, 0.717) is 32.1 Å². The Morgan fingerprint density at radius 1 is 1.15 bits per heavy atom. The summed E-state index contributed by atoms with van der Waals surface area (Å²) in [6.07, 6.45) is 8.70. The molecule has 2 heterocycles. The van der Waals surface area contributed by atoms with E-state index in [-0.39, 0.29) is 24.2 Å². The third kappa shape index (κ3) is 6.17. The molecule has 1 aliphatic carbocycles. The number of hydrogen-bond donors (Lipinski definition) is 1. The molecule has 2 aliphatic rings. The van der Waals surface area contributed by atoms with Crippen molar-refractivity contribution in [3.63, 3.8) is 0 Å². The Kier molecular flexibility index (Phi) is 8.43. The van der Waals surface area contributed by atoms with E-state index in [2.05, 4.69) is 52.4 Å². The molecule has 1 saturated heterocycles. The van der Waals surface area contributed by atoms with Gasteiger partial charge in [0.25, 0.3) is 0 Å². The fraction of sp³-hybridized carbons (Fsp3) is 0.556. The lowest BCUT2D eigenvalue weighted by Crippen LogP contribution is -2.50. The van der Waals surface area contributed by atoms with Crippen LogP contribution in [0.3, 0.4) is 0 Å². The number of piperidine rings is 1. The summed E-state index contributed by atoms with van der Waals surface area (Å²) >= 11 is 0.